The lowest BCUT2D eigenvalue weighted by molar-refractivity contribution is -0.122. The molecule has 0 bridgehead atoms. The molecule has 6 heteroatoms. The van der Waals surface area contributed by atoms with Gasteiger partial charge in [0.15, 0.2) is 0 Å². The van der Waals surface area contributed by atoms with Gasteiger partial charge in [0, 0.05) is 17.7 Å². The molecule has 1 atom stereocenters. The van der Waals surface area contributed by atoms with Crippen LogP contribution in [-0.2, 0) is 21.1 Å². The number of benzene rings is 1. The first-order valence-electron chi connectivity index (χ1n) is 7.39. The minimum atomic E-state index is -3.08. The minimum absolute atomic E-state index is 0.0433. The Kier molecular flexibility index (Phi) is 5.96. The van der Waals surface area contributed by atoms with E-state index in [0.717, 1.165) is 16.0 Å². The third-order valence-electron chi connectivity index (χ3n) is 3.55. The lowest BCUT2D eigenvalue weighted by atomic mass is 9.93. The van der Waals surface area contributed by atoms with Crippen molar-refractivity contribution in [3.05, 3.63) is 57.8 Å². The number of amides is 1. The summed E-state index contributed by atoms with van der Waals surface area (Å²) < 4.78 is 22.4. The zero-order valence-electron chi connectivity index (χ0n) is 13.3. The number of aryl methyl sites for hydroxylation is 1. The van der Waals surface area contributed by atoms with Crippen LogP contribution in [-0.4, -0.2) is 32.9 Å². The molecule has 0 saturated carbocycles. The molecule has 0 aliphatic rings. The van der Waals surface area contributed by atoms with E-state index < -0.39 is 9.84 Å². The molecular weight excluding hydrogens is 330 g/mol. The molecule has 1 unspecified atom stereocenters. The standard InChI is InChI=1S/C17H21NO3S2/c1-13-5-7-14(8-6-13)16(12-15-4-3-10-22-15)17(19)18-9-11-23(2,20)21/h3-8,10,16H,9,11-12H2,1-2H3,(H,18,19). The van der Waals surface area contributed by atoms with Crippen LogP contribution in [0.3, 0.4) is 0 Å². The quantitative estimate of drug-likeness (QED) is 0.834. The highest BCUT2D eigenvalue weighted by molar-refractivity contribution is 7.90. The van der Waals surface area contributed by atoms with Gasteiger partial charge in [-0.15, -0.1) is 11.3 Å². The van der Waals surface area contributed by atoms with E-state index in [2.05, 4.69) is 5.32 Å². The highest BCUT2D eigenvalue weighted by Crippen LogP contribution is 2.24. The van der Waals surface area contributed by atoms with Gasteiger partial charge in [-0.1, -0.05) is 35.9 Å². The third-order valence-corrected chi connectivity index (χ3v) is 5.40. The van der Waals surface area contributed by atoms with Crippen LogP contribution in [0.15, 0.2) is 41.8 Å². The second-order valence-corrected chi connectivity index (χ2v) is 8.96. The Labute approximate surface area is 141 Å². The average Bonchev–Trinajstić information content (AvgIpc) is 2.97. The molecule has 1 amide bonds. The molecule has 1 heterocycles. The maximum Gasteiger partial charge on any atom is 0.227 e. The summed E-state index contributed by atoms with van der Waals surface area (Å²) in [6, 6.07) is 11.9. The Bertz CT molecular complexity index is 735. The Morgan fingerprint density at radius 2 is 1.91 bits per heavy atom. The lowest BCUT2D eigenvalue weighted by Crippen LogP contribution is -2.33. The highest BCUT2D eigenvalue weighted by Gasteiger charge is 2.21. The number of hydrogen-bond acceptors (Lipinski definition) is 4. The molecule has 2 aromatic rings. The second kappa shape index (κ2) is 7.75. The van der Waals surface area contributed by atoms with E-state index in [1.165, 1.54) is 6.26 Å². The maximum absolute atomic E-state index is 12.5. The van der Waals surface area contributed by atoms with Crippen LogP contribution < -0.4 is 5.32 Å². The van der Waals surface area contributed by atoms with E-state index >= 15 is 0 Å². The largest absolute Gasteiger partial charge is 0.355 e. The fourth-order valence-electron chi connectivity index (χ4n) is 2.27. The van der Waals surface area contributed by atoms with Gasteiger partial charge in [-0.3, -0.25) is 4.79 Å². The SMILES string of the molecule is Cc1ccc(C(Cc2cccs2)C(=O)NCCS(C)(=O)=O)cc1. The predicted octanol–water partition coefficient (Wildman–Crippen LogP) is 2.54. The van der Waals surface area contributed by atoms with Crippen LogP contribution in [0.25, 0.3) is 0 Å². The van der Waals surface area contributed by atoms with Crippen molar-refractivity contribution in [3.8, 4) is 0 Å². The molecule has 2 rings (SSSR count). The number of hydrogen-bond donors (Lipinski definition) is 1. The van der Waals surface area contributed by atoms with Crippen LogP contribution in [0, 0.1) is 6.92 Å². The summed E-state index contributed by atoms with van der Waals surface area (Å²) in [5.41, 5.74) is 2.09. The average molecular weight is 351 g/mol. The smallest absolute Gasteiger partial charge is 0.227 e. The van der Waals surface area contributed by atoms with Crippen molar-refractivity contribution in [2.24, 2.45) is 0 Å². The second-order valence-electron chi connectivity index (χ2n) is 5.67. The van der Waals surface area contributed by atoms with Gasteiger partial charge in [-0.05, 0) is 30.4 Å². The number of carbonyl (C=O) groups is 1. The summed E-state index contributed by atoms with van der Waals surface area (Å²) in [7, 11) is -3.08. The van der Waals surface area contributed by atoms with E-state index in [1.54, 1.807) is 11.3 Å². The summed E-state index contributed by atoms with van der Waals surface area (Å²) in [5, 5.41) is 4.74. The van der Waals surface area contributed by atoms with E-state index in [1.807, 2.05) is 48.7 Å². The monoisotopic (exact) mass is 351 g/mol. The van der Waals surface area contributed by atoms with Crippen molar-refractivity contribution in [2.75, 3.05) is 18.6 Å². The maximum atomic E-state index is 12.5. The van der Waals surface area contributed by atoms with Gasteiger partial charge in [0.1, 0.15) is 9.84 Å². The summed E-state index contributed by atoms with van der Waals surface area (Å²) in [6.45, 7) is 2.15. The van der Waals surface area contributed by atoms with Gasteiger partial charge in [0.05, 0.1) is 11.7 Å². The van der Waals surface area contributed by atoms with Crippen molar-refractivity contribution >= 4 is 27.1 Å². The van der Waals surface area contributed by atoms with Crippen LogP contribution in [0.1, 0.15) is 21.9 Å². The summed E-state index contributed by atoms with van der Waals surface area (Å²) in [4.78, 5) is 13.7. The molecule has 0 fully saturated rings. The molecule has 4 nitrogen and oxygen atoms in total. The van der Waals surface area contributed by atoms with Crippen molar-refractivity contribution in [3.63, 3.8) is 0 Å². The molecule has 124 valence electrons. The molecule has 1 N–H and O–H groups in total. The molecule has 23 heavy (non-hydrogen) atoms. The predicted molar refractivity (Wildman–Crippen MR) is 94.7 cm³/mol. The molecule has 0 aliphatic heterocycles. The van der Waals surface area contributed by atoms with Crippen molar-refractivity contribution in [1.29, 1.82) is 0 Å². The van der Waals surface area contributed by atoms with Crippen LogP contribution >= 0.6 is 11.3 Å². The third kappa shape index (κ3) is 5.80. The summed E-state index contributed by atoms with van der Waals surface area (Å²) >= 11 is 1.62. The van der Waals surface area contributed by atoms with E-state index in [9.17, 15) is 13.2 Å². The molecular formula is C17H21NO3S2. The summed E-state index contributed by atoms with van der Waals surface area (Å²) in [6.07, 6.45) is 1.79. The molecule has 0 radical (unpaired) electrons. The first kappa shape index (κ1) is 17.7. The molecule has 0 saturated heterocycles. The van der Waals surface area contributed by atoms with Gasteiger partial charge in [0.2, 0.25) is 5.91 Å². The van der Waals surface area contributed by atoms with Crippen molar-refractivity contribution in [2.45, 2.75) is 19.3 Å². The molecule has 1 aromatic carbocycles. The first-order valence-corrected chi connectivity index (χ1v) is 10.3. The lowest BCUT2D eigenvalue weighted by Gasteiger charge is -2.17. The molecule has 0 aliphatic carbocycles. The minimum Gasteiger partial charge on any atom is -0.355 e. The van der Waals surface area contributed by atoms with Gasteiger partial charge < -0.3 is 5.32 Å². The Morgan fingerprint density at radius 1 is 1.22 bits per heavy atom. The van der Waals surface area contributed by atoms with Crippen LogP contribution in [0.2, 0.25) is 0 Å². The number of sulfone groups is 1. The van der Waals surface area contributed by atoms with Gasteiger partial charge in [-0.25, -0.2) is 8.42 Å². The molecule has 1 aromatic heterocycles. The fourth-order valence-corrected chi connectivity index (χ4v) is 3.50. The van der Waals surface area contributed by atoms with Crippen LogP contribution in [0.4, 0.5) is 0 Å². The van der Waals surface area contributed by atoms with E-state index in [-0.39, 0.29) is 24.1 Å². The Morgan fingerprint density at radius 3 is 2.48 bits per heavy atom. The van der Waals surface area contributed by atoms with Gasteiger partial charge in [0.25, 0.3) is 0 Å². The Balaban J connectivity index is 2.12. The zero-order valence-corrected chi connectivity index (χ0v) is 14.9. The van der Waals surface area contributed by atoms with Gasteiger partial charge in [-0.2, -0.15) is 0 Å². The zero-order chi connectivity index (χ0) is 16.9. The van der Waals surface area contributed by atoms with E-state index in [0.29, 0.717) is 6.42 Å². The topological polar surface area (TPSA) is 63.2 Å². The van der Waals surface area contributed by atoms with Gasteiger partial charge >= 0.3 is 0 Å². The van der Waals surface area contributed by atoms with Crippen molar-refractivity contribution in [1.82, 2.24) is 5.32 Å². The normalized spacial score (nSPS) is 12.8. The van der Waals surface area contributed by atoms with Crippen molar-refractivity contribution < 1.29 is 13.2 Å². The number of thiophene rings is 1. The molecule has 0 spiro atoms. The highest BCUT2D eigenvalue weighted by atomic mass is 32.2. The Hall–Kier alpha value is -1.66. The van der Waals surface area contributed by atoms with Crippen LogP contribution in [0.5, 0.6) is 0 Å². The number of nitrogens with one attached hydrogen (secondary N) is 1. The van der Waals surface area contributed by atoms with E-state index in [4.69, 9.17) is 0 Å². The fraction of sp³-hybridized carbons (Fsp3) is 0.353. The summed E-state index contributed by atoms with van der Waals surface area (Å²) in [5.74, 6) is -0.488. The number of carbonyl (C=O) groups excluding carboxylic acids is 1. The number of rotatable bonds is 7. The first-order chi connectivity index (χ1) is 10.8.